The Labute approximate surface area is 105 Å². The van der Waals surface area contributed by atoms with E-state index in [9.17, 15) is 14.4 Å². The van der Waals surface area contributed by atoms with E-state index in [0.29, 0.717) is 13.1 Å². The highest BCUT2D eigenvalue weighted by Gasteiger charge is 2.23. The molecule has 0 bridgehead atoms. The Morgan fingerprint density at radius 1 is 1.39 bits per heavy atom. The van der Waals surface area contributed by atoms with Gasteiger partial charge in [0.2, 0.25) is 5.91 Å². The summed E-state index contributed by atoms with van der Waals surface area (Å²) in [4.78, 5) is 34.8. The number of nitrogens with two attached hydrogens (primary N) is 1. The van der Waals surface area contributed by atoms with Crippen molar-refractivity contribution in [2.45, 2.75) is 25.3 Å². The quantitative estimate of drug-likeness (QED) is 0.584. The number of amides is 3. The van der Waals surface area contributed by atoms with Crippen molar-refractivity contribution in [3.63, 3.8) is 0 Å². The summed E-state index contributed by atoms with van der Waals surface area (Å²) in [5, 5.41) is 11.3. The fraction of sp³-hybridized carbons (Fsp3) is 0.545. The Kier molecular flexibility index (Phi) is 5.16. The van der Waals surface area contributed by atoms with Crippen molar-refractivity contribution in [1.29, 1.82) is 0 Å². The third-order valence-corrected chi connectivity index (χ3v) is 2.62. The molecule has 0 radical (unpaired) electrons. The summed E-state index contributed by atoms with van der Waals surface area (Å²) in [6, 6.07) is -1.52. The number of urea groups is 1. The van der Waals surface area contributed by atoms with Crippen LogP contribution < -0.4 is 11.1 Å². The van der Waals surface area contributed by atoms with E-state index in [1.54, 1.807) is 0 Å². The molecule has 1 unspecified atom stereocenters. The minimum absolute atomic E-state index is 0.0000853. The van der Waals surface area contributed by atoms with E-state index in [0.717, 1.165) is 6.42 Å². The second-order valence-electron chi connectivity index (χ2n) is 4.05. The molecule has 1 heterocycles. The topological polar surface area (TPSA) is 113 Å². The van der Waals surface area contributed by atoms with E-state index in [2.05, 4.69) is 5.32 Å². The van der Waals surface area contributed by atoms with Crippen molar-refractivity contribution in [3.8, 4) is 0 Å². The number of hydrogen-bond acceptors (Lipinski definition) is 3. The van der Waals surface area contributed by atoms with Crippen LogP contribution in [0.4, 0.5) is 4.79 Å². The van der Waals surface area contributed by atoms with Crippen molar-refractivity contribution >= 4 is 17.9 Å². The molecule has 1 aliphatic heterocycles. The lowest BCUT2D eigenvalue weighted by Crippen LogP contribution is -2.49. The van der Waals surface area contributed by atoms with Crippen molar-refractivity contribution in [3.05, 3.63) is 12.2 Å². The number of aliphatic carboxylic acids is 1. The highest BCUT2D eigenvalue weighted by atomic mass is 16.4. The molecule has 1 aliphatic rings. The number of carbonyl (C=O) groups is 3. The molecule has 0 aromatic heterocycles. The van der Waals surface area contributed by atoms with Crippen LogP contribution in [0.25, 0.3) is 0 Å². The number of primary amides is 1. The molecular formula is C11H17N3O4. The summed E-state index contributed by atoms with van der Waals surface area (Å²) in [5.41, 5.74) is 4.95. The van der Waals surface area contributed by atoms with Crippen LogP contribution in [0.2, 0.25) is 0 Å². The lowest BCUT2D eigenvalue weighted by Gasteiger charge is -2.25. The van der Waals surface area contributed by atoms with Gasteiger partial charge in [-0.15, -0.1) is 0 Å². The molecule has 0 saturated carbocycles. The number of carboxylic acid groups (broad SMARTS) is 1. The number of carbonyl (C=O) groups excluding carboxylic acids is 2. The zero-order chi connectivity index (χ0) is 13.5. The van der Waals surface area contributed by atoms with Crippen LogP contribution in [0.5, 0.6) is 0 Å². The lowest BCUT2D eigenvalue weighted by molar-refractivity contribution is -0.139. The van der Waals surface area contributed by atoms with Gasteiger partial charge < -0.3 is 21.1 Å². The zero-order valence-corrected chi connectivity index (χ0v) is 9.96. The molecule has 7 nitrogen and oxygen atoms in total. The second kappa shape index (κ2) is 6.63. The minimum Gasteiger partial charge on any atom is -0.480 e. The largest absolute Gasteiger partial charge is 0.480 e. The van der Waals surface area contributed by atoms with Crippen LogP contribution in [-0.2, 0) is 9.59 Å². The van der Waals surface area contributed by atoms with Gasteiger partial charge in [-0.3, -0.25) is 4.79 Å². The molecule has 18 heavy (non-hydrogen) atoms. The number of hydrogen-bond donors (Lipinski definition) is 3. The Balaban J connectivity index is 2.49. The zero-order valence-electron chi connectivity index (χ0n) is 9.96. The normalized spacial score (nSPS) is 16.1. The van der Waals surface area contributed by atoms with Crippen molar-refractivity contribution in [2.24, 2.45) is 5.73 Å². The Bertz CT molecular complexity index is 367. The highest BCUT2D eigenvalue weighted by Crippen LogP contribution is 2.04. The first kappa shape index (κ1) is 14.0. The van der Waals surface area contributed by atoms with Crippen molar-refractivity contribution < 1.29 is 19.5 Å². The lowest BCUT2D eigenvalue weighted by atomic mass is 10.1. The van der Waals surface area contributed by atoms with Gasteiger partial charge in [0.25, 0.3) is 0 Å². The predicted molar refractivity (Wildman–Crippen MR) is 63.7 cm³/mol. The average Bonchev–Trinajstić information content (AvgIpc) is 2.34. The molecule has 0 fully saturated rings. The van der Waals surface area contributed by atoms with E-state index in [-0.39, 0.29) is 12.8 Å². The van der Waals surface area contributed by atoms with Gasteiger partial charge in [-0.25, -0.2) is 9.59 Å². The van der Waals surface area contributed by atoms with Gasteiger partial charge in [-0.2, -0.15) is 0 Å². The maximum atomic E-state index is 11.8. The third-order valence-electron chi connectivity index (χ3n) is 2.62. The van der Waals surface area contributed by atoms with Crippen LogP contribution >= 0.6 is 0 Å². The molecule has 0 spiro atoms. The predicted octanol–water partition coefficient (Wildman–Crippen LogP) is -0.323. The first-order valence-corrected chi connectivity index (χ1v) is 5.72. The first-order valence-electron chi connectivity index (χ1n) is 5.72. The molecular weight excluding hydrogens is 238 g/mol. The molecule has 100 valence electrons. The summed E-state index contributed by atoms with van der Waals surface area (Å²) < 4.78 is 0. The van der Waals surface area contributed by atoms with Crippen LogP contribution in [0.1, 0.15) is 19.3 Å². The monoisotopic (exact) mass is 255 g/mol. The summed E-state index contributed by atoms with van der Waals surface area (Å²) in [6.45, 7) is 1.03. The number of nitrogens with zero attached hydrogens (tertiary/aromatic N) is 1. The van der Waals surface area contributed by atoms with Gasteiger partial charge in [-0.1, -0.05) is 12.2 Å². The first-order chi connectivity index (χ1) is 8.50. The fourth-order valence-electron chi connectivity index (χ4n) is 1.61. The number of nitrogens with one attached hydrogen (secondary N) is 1. The maximum absolute atomic E-state index is 11.8. The smallest absolute Gasteiger partial charge is 0.326 e. The molecule has 0 aromatic rings. The standard InChI is InChI=1S/C11H17N3O4/c12-9(15)5-4-8(10(16)17)13-11(18)14-6-2-1-3-7-14/h1-2,8H,3-7H2,(H2,12,15)(H,13,18)(H,16,17). The SMILES string of the molecule is NC(=O)CCC(NC(=O)N1CC=CCC1)C(=O)O. The molecule has 0 aromatic carbocycles. The van der Waals surface area contributed by atoms with E-state index < -0.39 is 23.9 Å². The highest BCUT2D eigenvalue weighted by molar-refractivity contribution is 5.83. The molecule has 4 N–H and O–H groups in total. The molecule has 0 saturated heterocycles. The van der Waals surface area contributed by atoms with Gasteiger partial charge in [0, 0.05) is 19.5 Å². The molecule has 3 amide bonds. The van der Waals surface area contributed by atoms with E-state index in [1.807, 2.05) is 12.2 Å². The van der Waals surface area contributed by atoms with Crippen LogP contribution in [-0.4, -0.2) is 47.0 Å². The third kappa shape index (κ3) is 4.44. The Hall–Kier alpha value is -2.05. The van der Waals surface area contributed by atoms with Crippen molar-refractivity contribution in [2.75, 3.05) is 13.1 Å². The van der Waals surface area contributed by atoms with Gasteiger partial charge >= 0.3 is 12.0 Å². The average molecular weight is 255 g/mol. The Morgan fingerprint density at radius 2 is 2.11 bits per heavy atom. The van der Waals surface area contributed by atoms with Crippen LogP contribution in [0.15, 0.2) is 12.2 Å². The van der Waals surface area contributed by atoms with Crippen molar-refractivity contribution in [1.82, 2.24) is 10.2 Å². The summed E-state index contributed by atoms with van der Waals surface area (Å²) >= 11 is 0. The van der Waals surface area contributed by atoms with Gasteiger partial charge in [0.15, 0.2) is 0 Å². The minimum atomic E-state index is -1.17. The maximum Gasteiger partial charge on any atom is 0.326 e. The molecule has 1 rings (SSSR count). The van der Waals surface area contributed by atoms with E-state index >= 15 is 0 Å². The van der Waals surface area contributed by atoms with Crippen LogP contribution in [0, 0.1) is 0 Å². The van der Waals surface area contributed by atoms with Gasteiger partial charge in [-0.05, 0) is 12.8 Å². The molecule has 0 aliphatic carbocycles. The van der Waals surface area contributed by atoms with Gasteiger partial charge in [0.1, 0.15) is 6.04 Å². The van der Waals surface area contributed by atoms with E-state index in [4.69, 9.17) is 10.8 Å². The van der Waals surface area contributed by atoms with Crippen LogP contribution in [0.3, 0.4) is 0 Å². The fourth-order valence-corrected chi connectivity index (χ4v) is 1.61. The van der Waals surface area contributed by atoms with Gasteiger partial charge in [0.05, 0.1) is 0 Å². The summed E-state index contributed by atoms with van der Waals surface area (Å²) in [7, 11) is 0. The number of rotatable bonds is 5. The summed E-state index contributed by atoms with van der Waals surface area (Å²) in [6.07, 6.45) is 4.50. The van der Waals surface area contributed by atoms with E-state index in [1.165, 1.54) is 4.90 Å². The second-order valence-corrected chi connectivity index (χ2v) is 4.05. The molecule has 1 atom stereocenters. The molecule has 7 heteroatoms. The number of carboxylic acids is 1. The Morgan fingerprint density at radius 3 is 2.61 bits per heavy atom. The summed E-state index contributed by atoms with van der Waals surface area (Å²) in [5.74, 6) is -1.76.